The van der Waals surface area contributed by atoms with E-state index in [-0.39, 0.29) is 5.91 Å². The van der Waals surface area contributed by atoms with Crippen LogP contribution < -0.4 is 10.5 Å². The number of carbonyl (C=O) groups is 1. The van der Waals surface area contributed by atoms with Gasteiger partial charge in [0, 0.05) is 6.42 Å². The smallest absolute Gasteiger partial charge is 0.266 e. The van der Waals surface area contributed by atoms with Gasteiger partial charge in [0.1, 0.15) is 0 Å². The lowest BCUT2D eigenvalue weighted by molar-refractivity contribution is -0.116. The average Bonchev–Trinajstić information content (AvgIpc) is 2.50. The van der Waals surface area contributed by atoms with Crippen molar-refractivity contribution in [2.75, 3.05) is 5.32 Å². The molecule has 0 unspecified atom stereocenters. The molecule has 0 bridgehead atoms. The summed E-state index contributed by atoms with van der Waals surface area (Å²) in [7, 11) is -1.42. The lowest BCUT2D eigenvalue weighted by Gasteiger charge is -2.18. The van der Waals surface area contributed by atoms with Gasteiger partial charge < -0.3 is 5.32 Å². The maximum Gasteiger partial charge on any atom is 0.266 e. The van der Waals surface area contributed by atoms with E-state index >= 15 is 0 Å². The number of unbranched alkanes of at least 4 members (excludes halogenated alkanes) is 5. The molecule has 25 heavy (non-hydrogen) atoms. The summed E-state index contributed by atoms with van der Waals surface area (Å²) in [5.41, 5.74) is 0.661. The van der Waals surface area contributed by atoms with Crippen molar-refractivity contribution in [3.8, 4) is 0 Å². The van der Waals surface area contributed by atoms with E-state index in [0.717, 1.165) is 38.2 Å². The van der Waals surface area contributed by atoms with Gasteiger partial charge in [0.25, 0.3) is 6.08 Å². The van der Waals surface area contributed by atoms with Gasteiger partial charge in [0.15, 0.2) is 0 Å². The molecule has 1 aromatic rings. The van der Waals surface area contributed by atoms with Crippen LogP contribution in [-0.2, 0) is 4.79 Å². The van der Waals surface area contributed by atoms with Gasteiger partial charge in [0.05, 0.1) is 18.8 Å². The van der Waals surface area contributed by atoms with E-state index in [1.165, 1.54) is 5.19 Å². The second-order valence-electron chi connectivity index (χ2n) is 7.29. The molecule has 0 aliphatic carbocycles. The van der Waals surface area contributed by atoms with Crippen molar-refractivity contribution in [3.05, 3.63) is 35.4 Å². The van der Waals surface area contributed by atoms with Crippen LogP contribution in [0, 0.1) is 0 Å². The van der Waals surface area contributed by atoms with Crippen molar-refractivity contribution in [3.63, 3.8) is 0 Å². The molecule has 0 saturated carbocycles. The van der Waals surface area contributed by atoms with Gasteiger partial charge in [-0.3, -0.25) is 4.79 Å². The summed E-state index contributed by atoms with van der Waals surface area (Å²) in [6, 6.07) is 5.88. The fraction of sp³-hybridized carbons (Fsp3) is 0.526. The third-order valence-electron chi connectivity index (χ3n) is 4.02. The first-order chi connectivity index (χ1) is 11.7. The van der Waals surface area contributed by atoms with Crippen LogP contribution in [0.1, 0.15) is 44.9 Å². The third kappa shape index (κ3) is 9.17. The molecule has 6 heteroatoms. The SMILES string of the molecule is C[Si](C)(C)c1ccc(NC(=O)CCCCCCCC=C(F)F)c(Cl)c1. The minimum atomic E-state index is -1.60. The number of hydrogen-bond acceptors (Lipinski definition) is 1. The predicted molar refractivity (Wildman–Crippen MR) is 106 cm³/mol. The molecule has 1 N–H and O–H groups in total. The Morgan fingerprint density at radius 1 is 1.12 bits per heavy atom. The van der Waals surface area contributed by atoms with Crippen LogP contribution in [-0.4, -0.2) is 14.0 Å². The van der Waals surface area contributed by atoms with Crippen LogP contribution in [0.25, 0.3) is 0 Å². The summed E-state index contributed by atoms with van der Waals surface area (Å²) in [6.07, 6.45) is 4.60. The fourth-order valence-corrected chi connectivity index (χ4v) is 3.95. The molecule has 0 saturated heterocycles. The Labute approximate surface area is 155 Å². The van der Waals surface area contributed by atoms with Gasteiger partial charge in [-0.1, -0.05) is 61.8 Å². The molecule has 0 aliphatic heterocycles. The number of amides is 1. The second-order valence-corrected chi connectivity index (χ2v) is 12.8. The number of hydrogen-bond donors (Lipinski definition) is 1. The zero-order chi connectivity index (χ0) is 18.9. The number of rotatable bonds is 10. The Kier molecular flexibility index (Phi) is 9.36. The topological polar surface area (TPSA) is 29.1 Å². The molecule has 0 heterocycles. The van der Waals surface area contributed by atoms with Crippen molar-refractivity contribution in [2.45, 2.75) is 64.6 Å². The Hall–Kier alpha value is -1.20. The van der Waals surface area contributed by atoms with Crippen LogP contribution in [0.5, 0.6) is 0 Å². The van der Waals surface area contributed by atoms with Gasteiger partial charge in [0.2, 0.25) is 5.91 Å². The zero-order valence-electron chi connectivity index (χ0n) is 15.3. The van der Waals surface area contributed by atoms with Crippen LogP contribution >= 0.6 is 11.6 Å². The number of anilines is 1. The van der Waals surface area contributed by atoms with Gasteiger partial charge in [-0.15, -0.1) is 0 Å². The first kappa shape index (κ1) is 21.8. The van der Waals surface area contributed by atoms with Crippen LogP contribution in [0.3, 0.4) is 0 Å². The number of nitrogens with one attached hydrogen (secondary N) is 1. The molecular weight excluding hydrogens is 360 g/mol. The highest BCUT2D eigenvalue weighted by Gasteiger charge is 2.17. The molecule has 1 aromatic carbocycles. The maximum atomic E-state index is 12.0. The molecule has 140 valence electrons. The highest BCUT2D eigenvalue weighted by molar-refractivity contribution is 6.88. The highest BCUT2D eigenvalue weighted by Crippen LogP contribution is 2.22. The Morgan fingerprint density at radius 2 is 1.76 bits per heavy atom. The summed E-state index contributed by atoms with van der Waals surface area (Å²) < 4.78 is 23.7. The normalized spacial score (nSPS) is 11.3. The monoisotopic (exact) mass is 387 g/mol. The first-order valence-electron chi connectivity index (χ1n) is 8.81. The van der Waals surface area contributed by atoms with Gasteiger partial charge in [-0.05, 0) is 37.5 Å². The molecule has 0 atom stereocenters. The predicted octanol–water partition coefficient (Wildman–Crippen LogP) is 6.33. The summed E-state index contributed by atoms with van der Waals surface area (Å²) >= 11 is 6.28. The first-order valence-corrected chi connectivity index (χ1v) is 12.7. The molecular formula is C19H28ClF2NOSi. The molecule has 0 radical (unpaired) electrons. The average molecular weight is 388 g/mol. The lowest BCUT2D eigenvalue weighted by atomic mass is 10.1. The molecule has 1 rings (SSSR count). The standard InChI is InChI=1S/C19H28ClF2NOSi/c1-25(2,3)15-12-13-17(16(20)14-15)23-19(24)11-9-7-5-4-6-8-10-18(21)22/h10,12-14H,4-9,11H2,1-3H3,(H,23,24). The van der Waals surface area contributed by atoms with E-state index in [1.54, 1.807) is 0 Å². The van der Waals surface area contributed by atoms with Gasteiger partial charge >= 0.3 is 0 Å². The second kappa shape index (κ2) is 10.7. The largest absolute Gasteiger partial charge is 0.325 e. The number of allylic oxidation sites excluding steroid dienone is 1. The maximum absolute atomic E-state index is 12.0. The quantitative estimate of drug-likeness (QED) is 0.368. The molecule has 2 nitrogen and oxygen atoms in total. The fourth-order valence-electron chi connectivity index (χ4n) is 2.47. The third-order valence-corrected chi connectivity index (χ3v) is 6.37. The zero-order valence-corrected chi connectivity index (χ0v) is 17.1. The van der Waals surface area contributed by atoms with E-state index in [2.05, 4.69) is 25.0 Å². The molecule has 0 aliphatic rings. The summed E-state index contributed by atoms with van der Waals surface area (Å²) in [5.74, 6) is -0.0370. The minimum Gasteiger partial charge on any atom is -0.325 e. The van der Waals surface area contributed by atoms with E-state index in [1.807, 2.05) is 18.2 Å². The number of halogens is 3. The molecule has 0 spiro atoms. The van der Waals surface area contributed by atoms with Crippen LogP contribution in [0.4, 0.5) is 14.5 Å². The summed E-state index contributed by atoms with van der Waals surface area (Å²) in [4.78, 5) is 12.0. The number of carbonyl (C=O) groups excluding carboxylic acids is 1. The van der Waals surface area contributed by atoms with Crippen molar-refractivity contribution in [2.24, 2.45) is 0 Å². The summed E-state index contributed by atoms with van der Waals surface area (Å²) in [6.45, 7) is 6.75. The van der Waals surface area contributed by atoms with Gasteiger partial charge in [-0.25, -0.2) is 0 Å². The van der Waals surface area contributed by atoms with E-state index < -0.39 is 14.2 Å². The van der Waals surface area contributed by atoms with Crippen molar-refractivity contribution < 1.29 is 13.6 Å². The Bertz CT molecular complexity index is 596. The van der Waals surface area contributed by atoms with Crippen molar-refractivity contribution >= 4 is 36.5 Å². The molecule has 0 aromatic heterocycles. The number of benzene rings is 1. The van der Waals surface area contributed by atoms with Crippen molar-refractivity contribution in [1.82, 2.24) is 0 Å². The molecule has 0 fully saturated rings. The van der Waals surface area contributed by atoms with Crippen molar-refractivity contribution in [1.29, 1.82) is 0 Å². The Morgan fingerprint density at radius 3 is 2.36 bits per heavy atom. The molecule has 1 amide bonds. The lowest BCUT2D eigenvalue weighted by Crippen LogP contribution is -2.37. The van der Waals surface area contributed by atoms with E-state index in [0.29, 0.717) is 23.6 Å². The van der Waals surface area contributed by atoms with Crippen LogP contribution in [0.15, 0.2) is 30.4 Å². The van der Waals surface area contributed by atoms with Gasteiger partial charge in [-0.2, -0.15) is 8.78 Å². The minimum absolute atomic E-state index is 0.0370. The summed E-state index contributed by atoms with van der Waals surface area (Å²) in [5, 5.41) is 4.71. The van der Waals surface area contributed by atoms with E-state index in [9.17, 15) is 13.6 Å². The Balaban J connectivity index is 2.28. The highest BCUT2D eigenvalue weighted by atomic mass is 35.5. The van der Waals surface area contributed by atoms with Crippen LogP contribution in [0.2, 0.25) is 24.7 Å². The van der Waals surface area contributed by atoms with E-state index in [4.69, 9.17) is 11.6 Å².